The van der Waals surface area contributed by atoms with Gasteiger partial charge in [0.2, 0.25) is 0 Å². The average Bonchev–Trinajstić information content (AvgIpc) is 2.90. The predicted molar refractivity (Wildman–Crippen MR) is 153 cm³/mol. The second-order valence-electron chi connectivity index (χ2n) is 10.6. The van der Waals surface area contributed by atoms with Gasteiger partial charge in [0.25, 0.3) is 5.56 Å². The number of terminal acetylenes is 1. The third-order valence-electron chi connectivity index (χ3n) is 6.34. The number of aromatic nitrogens is 2. The number of aliphatic carboxylic acids is 1. The minimum absolute atomic E-state index is 0.183. The Labute approximate surface area is 245 Å². The number of alkyl halides is 3. The Hall–Kier alpha value is -4.86. The molecule has 0 spiro atoms. The smallest absolute Gasteiger partial charge is 0.478 e. The zero-order valence-corrected chi connectivity index (χ0v) is 24.4. The van der Waals surface area contributed by atoms with Crippen molar-refractivity contribution in [1.82, 2.24) is 9.55 Å². The number of carbonyl (C=O) groups is 3. The number of hydrogen-bond donors (Lipinski definition) is 2. The summed E-state index contributed by atoms with van der Waals surface area (Å²) in [4.78, 5) is 52.3. The van der Waals surface area contributed by atoms with Gasteiger partial charge in [-0.05, 0) is 89.1 Å². The molecule has 1 unspecified atom stereocenters. The second-order valence-corrected chi connectivity index (χ2v) is 10.6. The van der Waals surface area contributed by atoms with Crippen LogP contribution in [0, 0.1) is 31.6 Å². The van der Waals surface area contributed by atoms with E-state index < -0.39 is 29.5 Å². The molecule has 1 heterocycles. The van der Waals surface area contributed by atoms with E-state index >= 15 is 0 Å². The molecule has 0 saturated heterocycles. The molecule has 2 N–H and O–H groups in total. The van der Waals surface area contributed by atoms with Crippen LogP contribution in [0.5, 0.6) is 0 Å². The lowest BCUT2D eigenvalue weighted by Gasteiger charge is -2.31. The summed E-state index contributed by atoms with van der Waals surface area (Å²) >= 11 is 0. The summed E-state index contributed by atoms with van der Waals surface area (Å²) in [7, 11) is 0. The number of esters is 1. The zero-order valence-electron chi connectivity index (χ0n) is 24.4. The van der Waals surface area contributed by atoms with Gasteiger partial charge < -0.3 is 19.8 Å². The lowest BCUT2D eigenvalue weighted by atomic mass is 9.97. The maximum atomic E-state index is 13.4. The fourth-order valence-corrected chi connectivity index (χ4v) is 3.96. The quantitative estimate of drug-likeness (QED) is 0.279. The number of carboxylic acids is 2. The molecule has 3 aromatic rings. The summed E-state index contributed by atoms with van der Waals surface area (Å²) in [6.45, 7) is 10.9. The zero-order chi connectivity index (χ0) is 32.9. The van der Waals surface area contributed by atoms with E-state index in [0.29, 0.717) is 16.7 Å². The average molecular weight is 604 g/mol. The number of ether oxygens (including phenoxy) is 1. The van der Waals surface area contributed by atoms with Gasteiger partial charge in [-0.25, -0.2) is 14.6 Å². The Balaban J connectivity index is 0.000000821. The van der Waals surface area contributed by atoms with Gasteiger partial charge in [0.15, 0.2) is 6.73 Å². The second kappa shape index (κ2) is 13.4. The molecule has 10 nitrogen and oxygen atoms in total. The van der Waals surface area contributed by atoms with Crippen molar-refractivity contribution in [3.8, 4) is 12.3 Å². The van der Waals surface area contributed by atoms with E-state index in [1.807, 2.05) is 24.8 Å². The minimum Gasteiger partial charge on any atom is -0.478 e. The van der Waals surface area contributed by atoms with Crippen LogP contribution in [0.1, 0.15) is 61.0 Å². The Morgan fingerprint density at radius 2 is 1.65 bits per heavy atom. The normalized spacial score (nSPS) is 12.0. The third-order valence-corrected chi connectivity index (χ3v) is 6.34. The SMILES string of the molecule is C#CCN(c1ccc(C(=O)O)cc1)C(C)c1cc2c(=O)n(COC(=O)C(C)(C)C)c(C)nc2cc1C.O=C(O)C(F)(F)F. The van der Waals surface area contributed by atoms with E-state index in [4.69, 9.17) is 21.1 Å². The van der Waals surface area contributed by atoms with Crippen LogP contribution in [0.4, 0.5) is 18.9 Å². The van der Waals surface area contributed by atoms with E-state index in [2.05, 4.69) is 10.9 Å². The Morgan fingerprint density at radius 3 is 2.12 bits per heavy atom. The van der Waals surface area contributed by atoms with Crippen molar-refractivity contribution in [3.05, 3.63) is 69.3 Å². The first-order valence-corrected chi connectivity index (χ1v) is 12.8. The van der Waals surface area contributed by atoms with Crippen molar-refractivity contribution in [2.24, 2.45) is 5.41 Å². The molecule has 0 radical (unpaired) electrons. The van der Waals surface area contributed by atoms with Crippen molar-refractivity contribution in [2.75, 3.05) is 11.4 Å². The highest BCUT2D eigenvalue weighted by atomic mass is 19.4. The summed E-state index contributed by atoms with van der Waals surface area (Å²) in [6, 6.07) is 9.94. The van der Waals surface area contributed by atoms with Crippen molar-refractivity contribution >= 4 is 34.5 Å². The lowest BCUT2D eigenvalue weighted by molar-refractivity contribution is -0.192. The molecule has 13 heteroatoms. The van der Waals surface area contributed by atoms with Crippen LogP contribution in [0.3, 0.4) is 0 Å². The van der Waals surface area contributed by atoms with Crippen molar-refractivity contribution in [1.29, 1.82) is 0 Å². The van der Waals surface area contributed by atoms with Gasteiger partial charge in [-0.1, -0.05) is 5.92 Å². The van der Waals surface area contributed by atoms with E-state index in [1.54, 1.807) is 45.9 Å². The summed E-state index contributed by atoms with van der Waals surface area (Å²) in [6.07, 6.45) is 0.564. The van der Waals surface area contributed by atoms with Crippen LogP contribution in [0.15, 0.2) is 41.2 Å². The van der Waals surface area contributed by atoms with Crippen LogP contribution in [0.25, 0.3) is 10.9 Å². The standard InChI is InChI=1S/C28H31N3O5.C2HF3O2/c1-8-13-30(21-11-9-20(10-12-21)26(33)34)18(3)22-15-23-24(14-17(22)2)29-19(4)31(25(23)32)16-36-27(35)28(5,6)7;3-2(4,5)1(6)7/h1,9-12,14-15,18H,13,16H2,2-7H3,(H,33,34);(H,6,7). The number of rotatable bonds is 7. The molecule has 0 fully saturated rings. The molecule has 1 aromatic heterocycles. The van der Waals surface area contributed by atoms with Crippen LogP contribution in [-0.4, -0.2) is 50.4 Å². The number of carbonyl (C=O) groups excluding carboxylic acids is 1. The topological polar surface area (TPSA) is 139 Å². The van der Waals surface area contributed by atoms with Crippen LogP contribution < -0.4 is 10.5 Å². The number of halogens is 3. The molecule has 0 bridgehead atoms. The van der Waals surface area contributed by atoms with Crippen LogP contribution >= 0.6 is 0 Å². The largest absolute Gasteiger partial charge is 0.490 e. The molecule has 0 aliphatic carbocycles. The number of aryl methyl sites for hydroxylation is 2. The molecule has 1 atom stereocenters. The summed E-state index contributed by atoms with van der Waals surface area (Å²) < 4.78 is 38.5. The fourth-order valence-electron chi connectivity index (χ4n) is 3.96. The summed E-state index contributed by atoms with van der Waals surface area (Å²) in [5.74, 6) is -1.06. The third kappa shape index (κ3) is 8.57. The molecule has 43 heavy (non-hydrogen) atoms. The first kappa shape index (κ1) is 34.3. The molecule has 0 aliphatic rings. The molecular weight excluding hydrogens is 571 g/mol. The summed E-state index contributed by atoms with van der Waals surface area (Å²) in [5.41, 5.74) is 2.32. The maximum Gasteiger partial charge on any atom is 0.490 e. The molecule has 0 aliphatic heterocycles. The van der Waals surface area contributed by atoms with Crippen molar-refractivity contribution in [3.63, 3.8) is 0 Å². The first-order chi connectivity index (χ1) is 19.8. The van der Waals surface area contributed by atoms with Crippen LogP contribution in [-0.2, 0) is 21.1 Å². The molecule has 2 aromatic carbocycles. The van der Waals surface area contributed by atoms with Gasteiger partial charge in [0.05, 0.1) is 34.5 Å². The fraction of sp³-hybridized carbons (Fsp3) is 0.367. The number of nitrogens with zero attached hydrogens (tertiary/aromatic N) is 3. The number of hydrogen-bond acceptors (Lipinski definition) is 7. The first-order valence-electron chi connectivity index (χ1n) is 12.8. The summed E-state index contributed by atoms with van der Waals surface area (Å²) in [5, 5.41) is 16.7. The van der Waals surface area contributed by atoms with E-state index in [0.717, 1.165) is 16.8 Å². The maximum absolute atomic E-state index is 13.4. The van der Waals surface area contributed by atoms with Crippen molar-refractivity contribution < 1.29 is 42.5 Å². The highest BCUT2D eigenvalue weighted by molar-refractivity contribution is 5.88. The molecule has 3 rings (SSSR count). The van der Waals surface area contributed by atoms with E-state index in [9.17, 15) is 32.7 Å². The number of carboxylic acid groups (broad SMARTS) is 2. The van der Waals surface area contributed by atoms with Crippen LogP contribution in [0.2, 0.25) is 0 Å². The van der Waals surface area contributed by atoms with Gasteiger partial charge in [0, 0.05) is 5.69 Å². The van der Waals surface area contributed by atoms with Gasteiger partial charge in [-0.2, -0.15) is 13.2 Å². The molecular formula is C30H32F3N3O7. The molecule has 0 saturated carbocycles. The minimum atomic E-state index is -5.08. The Bertz CT molecular complexity index is 1620. The Kier molecular flexibility index (Phi) is 10.7. The van der Waals surface area contributed by atoms with Gasteiger partial charge >= 0.3 is 24.1 Å². The lowest BCUT2D eigenvalue weighted by Crippen LogP contribution is -2.30. The number of aromatic carboxylic acids is 1. The monoisotopic (exact) mass is 603 g/mol. The van der Waals surface area contributed by atoms with E-state index in [1.165, 1.54) is 16.7 Å². The number of benzene rings is 2. The molecule has 0 amide bonds. The molecule has 230 valence electrons. The van der Waals surface area contributed by atoms with Gasteiger partial charge in [-0.3, -0.25) is 14.2 Å². The Morgan fingerprint density at radius 1 is 1.09 bits per heavy atom. The van der Waals surface area contributed by atoms with Gasteiger partial charge in [-0.15, -0.1) is 6.42 Å². The number of fused-ring (bicyclic) bond motifs is 1. The van der Waals surface area contributed by atoms with Crippen molar-refractivity contribution in [2.45, 2.75) is 60.5 Å². The highest BCUT2D eigenvalue weighted by Crippen LogP contribution is 2.31. The highest BCUT2D eigenvalue weighted by Gasteiger charge is 2.38. The van der Waals surface area contributed by atoms with Gasteiger partial charge in [0.1, 0.15) is 5.82 Å². The van der Waals surface area contributed by atoms with E-state index in [-0.39, 0.29) is 30.4 Å². The number of anilines is 1. The predicted octanol–water partition coefficient (Wildman–Crippen LogP) is 5.09.